The van der Waals surface area contributed by atoms with Crippen LogP contribution in [0.5, 0.6) is 0 Å². The summed E-state index contributed by atoms with van der Waals surface area (Å²) in [5.41, 5.74) is -0.357. The Hall–Kier alpha value is -1.00. The fourth-order valence-electron chi connectivity index (χ4n) is 0.896. The van der Waals surface area contributed by atoms with Gasteiger partial charge in [0.05, 0.1) is 12.1 Å². The van der Waals surface area contributed by atoms with E-state index in [1.54, 1.807) is 6.92 Å². The van der Waals surface area contributed by atoms with Crippen LogP contribution in [0.4, 0.5) is 0 Å². The monoisotopic (exact) mass is 160 g/mol. The van der Waals surface area contributed by atoms with E-state index in [0.717, 1.165) is 0 Å². The lowest BCUT2D eigenvalue weighted by atomic mass is 10.1. The standard InChI is InChI=1S/C6H15N3O2/c1-5-8(6(2,3)4)9(11)7-10/h10H,5H2,1-4H3/p-1/b9-7-. The van der Waals surface area contributed by atoms with E-state index in [0.29, 0.717) is 6.54 Å². The Balaban J connectivity index is 4.42. The molecule has 0 spiro atoms. The van der Waals surface area contributed by atoms with Gasteiger partial charge >= 0.3 is 0 Å². The van der Waals surface area contributed by atoms with Crippen molar-refractivity contribution in [3.05, 3.63) is 10.4 Å². The summed E-state index contributed by atoms with van der Waals surface area (Å²) >= 11 is 0. The van der Waals surface area contributed by atoms with Gasteiger partial charge < -0.3 is 10.4 Å². The molecular weight excluding hydrogens is 146 g/mol. The van der Waals surface area contributed by atoms with Gasteiger partial charge in [-0.25, -0.2) is 0 Å². The Labute approximate surface area is 66.4 Å². The minimum absolute atomic E-state index is 0.0833. The van der Waals surface area contributed by atoms with Gasteiger partial charge in [0.25, 0.3) is 0 Å². The van der Waals surface area contributed by atoms with Crippen molar-refractivity contribution in [2.75, 3.05) is 6.54 Å². The molecule has 0 amide bonds. The molecule has 0 saturated carbocycles. The molecule has 0 radical (unpaired) electrons. The summed E-state index contributed by atoms with van der Waals surface area (Å²) < 4.78 is 0. The van der Waals surface area contributed by atoms with Crippen molar-refractivity contribution >= 4 is 0 Å². The molecule has 0 aromatic heterocycles. The molecule has 0 aliphatic rings. The Bertz CT molecular complexity index is 150. The Kier molecular flexibility index (Phi) is 3.10. The number of hydrazine groups is 1. The zero-order chi connectivity index (χ0) is 9.07. The first-order valence-corrected chi connectivity index (χ1v) is 3.51. The van der Waals surface area contributed by atoms with E-state index in [-0.39, 0.29) is 10.5 Å². The molecule has 0 saturated heterocycles. The van der Waals surface area contributed by atoms with E-state index in [1.165, 1.54) is 5.01 Å². The maximum Gasteiger partial charge on any atom is 0.0899 e. The fraction of sp³-hybridized carbons (Fsp3) is 1.00. The van der Waals surface area contributed by atoms with Crippen molar-refractivity contribution in [3.8, 4) is 0 Å². The van der Waals surface area contributed by atoms with Gasteiger partial charge in [-0.05, 0) is 33.0 Å². The Morgan fingerprint density at radius 1 is 1.45 bits per heavy atom. The van der Waals surface area contributed by atoms with Crippen LogP contribution in [0.1, 0.15) is 27.7 Å². The lowest BCUT2D eigenvalue weighted by molar-refractivity contribution is -0.705. The summed E-state index contributed by atoms with van der Waals surface area (Å²) in [5.74, 6) is 0. The molecule has 0 bridgehead atoms. The van der Waals surface area contributed by atoms with Gasteiger partial charge in [-0.15, -0.1) is 5.01 Å². The third kappa shape index (κ3) is 2.61. The zero-order valence-corrected chi connectivity index (χ0v) is 7.37. The zero-order valence-electron chi connectivity index (χ0n) is 7.37. The average Bonchev–Trinajstić information content (AvgIpc) is 1.86. The van der Waals surface area contributed by atoms with E-state index < -0.39 is 0 Å². The van der Waals surface area contributed by atoms with Crippen molar-refractivity contribution < 1.29 is 4.97 Å². The molecule has 66 valence electrons. The van der Waals surface area contributed by atoms with Gasteiger partial charge in [-0.2, -0.15) is 0 Å². The summed E-state index contributed by atoms with van der Waals surface area (Å²) in [7, 11) is 0. The minimum atomic E-state index is -0.357. The Morgan fingerprint density at radius 2 is 1.91 bits per heavy atom. The van der Waals surface area contributed by atoms with Crippen molar-refractivity contribution in [3.63, 3.8) is 0 Å². The molecule has 0 aliphatic heterocycles. The number of hydrogen-bond acceptors (Lipinski definition) is 3. The quantitative estimate of drug-likeness (QED) is 0.349. The van der Waals surface area contributed by atoms with Crippen LogP contribution in [-0.2, 0) is 0 Å². The molecule has 11 heavy (non-hydrogen) atoms. The molecule has 0 N–H and O–H groups in total. The lowest BCUT2D eigenvalue weighted by Crippen LogP contribution is -2.45. The van der Waals surface area contributed by atoms with E-state index in [4.69, 9.17) is 0 Å². The highest BCUT2D eigenvalue weighted by molar-refractivity contribution is 4.67. The molecule has 5 heteroatoms. The van der Waals surface area contributed by atoms with Gasteiger partial charge in [0, 0.05) is 4.97 Å². The Morgan fingerprint density at radius 3 is 2.00 bits per heavy atom. The van der Waals surface area contributed by atoms with Crippen molar-refractivity contribution in [2.45, 2.75) is 33.2 Å². The van der Waals surface area contributed by atoms with Crippen LogP contribution >= 0.6 is 0 Å². The van der Waals surface area contributed by atoms with Gasteiger partial charge in [-0.1, -0.05) is 0 Å². The molecule has 0 rings (SSSR count). The molecule has 0 atom stereocenters. The lowest BCUT2D eigenvalue weighted by Gasteiger charge is -2.30. The van der Waals surface area contributed by atoms with Crippen LogP contribution < -0.4 is 0 Å². The van der Waals surface area contributed by atoms with E-state index in [1.807, 2.05) is 20.8 Å². The summed E-state index contributed by atoms with van der Waals surface area (Å²) in [6.45, 7) is 7.78. The minimum Gasteiger partial charge on any atom is -0.737 e. The molecule has 0 aromatic carbocycles. The molecule has 0 heterocycles. The normalized spacial score (nSPS) is 13.3. The first kappa shape index (κ1) is 10.0. The SMILES string of the molecule is CCN(/[N+]([O-])=N/[O-])C(C)(C)C. The maximum absolute atomic E-state index is 10.8. The van der Waals surface area contributed by atoms with E-state index >= 15 is 0 Å². The molecule has 0 aliphatic carbocycles. The second-order valence-corrected chi connectivity index (χ2v) is 3.22. The van der Waals surface area contributed by atoms with Crippen LogP contribution in [0.15, 0.2) is 5.28 Å². The number of rotatable bonds is 2. The second kappa shape index (κ2) is 3.41. The molecule has 0 fully saturated rings. The molecule has 5 nitrogen and oxygen atoms in total. The third-order valence-corrected chi connectivity index (χ3v) is 1.35. The fourth-order valence-corrected chi connectivity index (χ4v) is 0.896. The van der Waals surface area contributed by atoms with Gasteiger partial charge in [0.15, 0.2) is 0 Å². The van der Waals surface area contributed by atoms with Gasteiger partial charge in [0.1, 0.15) is 0 Å². The summed E-state index contributed by atoms with van der Waals surface area (Å²) in [6, 6.07) is 0. The van der Waals surface area contributed by atoms with Crippen molar-refractivity contribution in [1.29, 1.82) is 0 Å². The third-order valence-electron chi connectivity index (χ3n) is 1.35. The van der Waals surface area contributed by atoms with Crippen molar-refractivity contribution in [2.24, 2.45) is 5.28 Å². The highest BCUT2D eigenvalue weighted by atomic mass is 16.6. The van der Waals surface area contributed by atoms with E-state index in [2.05, 4.69) is 5.28 Å². The predicted molar refractivity (Wildman–Crippen MR) is 41.6 cm³/mol. The average molecular weight is 160 g/mol. The smallest absolute Gasteiger partial charge is 0.0899 e. The van der Waals surface area contributed by atoms with Crippen LogP contribution in [0.2, 0.25) is 0 Å². The summed E-state index contributed by atoms with van der Waals surface area (Å²) in [5, 5.41) is 24.2. The maximum atomic E-state index is 10.8. The highest BCUT2D eigenvalue weighted by Gasteiger charge is 2.25. The predicted octanol–water partition coefficient (Wildman–Crippen LogP) is 1.48. The summed E-state index contributed by atoms with van der Waals surface area (Å²) in [4.78, 5) is 0.0833. The molecule has 0 aromatic rings. The molecule has 0 unspecified atom stereocenters. The van der Waals surface area contributed by atoms with Crippen LogP contribution in [0.25, 0.3) is 0 Å². The van der Waals surface area contributed by atoms with Crippen molar-refractivity contribution in [1.82, 2.24) is 5.01 Å². The highest BCUT2D eigenvalue weighted by Crippen LogP contribution is 2.12. The van der Waals surface area contributed by atoms with Gasteiger partial charge in [-0.3, -0.25) is 0 Å². The second-order valence-electron chi connectivity index (χ2n) is 3.22. The first-order chi connectivity index (χ1) is 4.93. The first-order valence-electron chi connectivity index (χ1n) is 3.51. The van der Waals surface area contributed by atoms with Crippen LogP contribution in [-0.4, -0.2) is 22.1 Å². The summed E-state index contributed by atoms with van der Waals surface area (Å²) in [6.07, 6.45) is 0. The van der Waals surface area contributed by atoms with Gasteiger partial charge in [0.2, 0.25) is 0 Å². The van der Waals surface area contributed by atoms with Crippen LogP contribution in [0.3, 0.4) is 0 Å². The van der Waals surface area contributed by atoms with Crippen LogP contribution in [0, 0.1) is 10.4 Å². The van der Waals surface area contributed by atoms with E-state index in [9.17, 15) is 10.4 Å². The number of nitrogens with zero attached hydrogens (tertiary/aromatic N) is 3. The number of hydrogen-bond donors (Lipinski definition) is 0. The largest absolute Gasteiger partial charge is 0.737 e. The molecular formula is C6H14N3O2-. The topological polar surface area (TPSA) is 64.7 Å².